The van der Waals surface area contributed by atoms with Crippen LogP contribution >= 0.6 is 10.7 Å². The Morgan fingerprint density at radius 2 is 2.13 bits per heavy atom. The first-order valence-electron chi connectivity index (χ1n) is 3.95. The van der Waals surface area contributed by atoms with Gasteiger partial charge in [0.2, 0.25) is 0 Å². The summed E-state index contributed by atoms with van der Waals surface area (Å²) in [7, 11) is 2.87. The summed E-state index contributed by atoms with van der Waals surface area (Å²) >= 11 is 0. The lowest BCUT2D eigenvalue weighted by Gasteiger charge is -1.98. The van der Waals surface area contributed by atoms with Gasteiger partial charge in [-0.15, -0.1) is 0 Å². The van der Waals surface area contributed by atoms with Crippen molar-refractivity contribution in [2.75, 3.05) is 0 Å². The monoisotopic (exact) mass is 248 g/mol. The van der Waals surface area contributed by atoms with E-state index >= 15 is 0 Å². The van der Waals surface area contributed by atoms with E-state index in [4.69, 9.17) is 10.7 Å². The van der Waals surface area contributed by atoms with Gasteiger partial charge in [-0.3, -0.25) is 0 Å². The van der Waals surface area contributed by atoms with Crippen LogP contribution in [0.2, 0.25) is 0 Å². The Hall–Kier alpha value is -1.14. The molecular weight excluding hydrogens is 243 g/mol. The van der Waals surface area contributed by atoms with Gasteiger partial charge in [0.05, 0.1) is 6.20 Å². The minimum Gasteiger partial charge on any atom is -0.318 e. The van der Waals surface area contributed by atoms with E-state index in [1.807, 2.05) is 0 Å². The van der Waals surface area contributed by atoms with Gasteiger partial charge in [0.25, 0.3) is 9.05 Å². The molecule has 0 aromatic carbocycles. The summed E-state index contributed by atoms with van der Waals surface area (Å²) in [5.74, 6) is -0.522. The van der Waals surface area contributed by atoms with Gasteiger partial charge in [0.1, 0.15) is 11.5 Å². The van der Waals surface area contributed by atoms with Crippen LogP contribution in [0.4, 0.5) is 4.39 Å². The average Bonchev–Trinajstić information content (AvgIpc) is 2.42. The zero-order valence-corrected chi connectivity index (χ0v) is 9.18. The molecule has 0 aliphatic carbocycles. The van der Waals surface area contributed by atoms with Crippen LogP contribution in [-0.4, -0.2) is 18.0 Å². The maximum absolute atomic E-state index is 12.8. The molecule has 0 aliphatic rings. The fraction of sp³-hybridized carbons (Fsp3) is 0.125. The second-order valence-corrected chi connectivity index (χ2v) is 5.56. The highest BCUT2D eigenvalue weighted by Gasteiger charge is 2.17. The van der Waals surface area contributed by atoms with E-state index in [2.05, 4.69) is 4.98 Å². The molecule has 0 amide bonds. The molecular formula is C8H6ClFN2O2S. The molecule has 0 bridgehead atoms. The van der Waals surface area contributed by atoms with Gasteiger partial charge in [-0.25, -0.2) is 17.8 Å². The zero-order chi connectivity index (χ0) is 11.2. The van der Waals surface area contributed by atoms with E-state index in [1.54, 1.807) is 0 Å². The van der Waals surface area contributed by atoms with E-state index in [-0.39, 0.29) is 5.03 Å². The first-order chi connectivity index (χ1) is 6.89. The quantitative estimate of drug-likeness (QED) is 0.721. The van der Waals surface area contributed by atoms with Crippen LogP contribution in [0.25, 0.3) is 11.0 Å². The minimum atomic E-state index is -3.84. The summed E-state index contributed by atoms with van der Waals surface area (Å²) < 4.78 is 36.4. The highest BCUT2D eigenvalue weighted by Crippen LogP contribution is 2.23. The molecule has 0 saturated carbocycles. The Bertz CT molecular complexity index is 635. The summed E-state index contributed by atoms with van der Waals surface area (Å²) in [6, 6.07) is 2.49. The molecule has 0 aliphatic heterocycles. The largest absolute Gasteiger partial charge is 0.318 e. The average molecular weight is 249 g/mol. The number of aromatic nitrogens is 2. The number of hydrogen-bond acceptors (Lipinski definition) is 3. The number of hydrogen-bond donors (Lipinski definition) is 0. The molecule has 2 aromatic rings. The smallest absolute Gasteiger partial charge is 0.276 e. The fourth-order valence-corrected chi connectivity index (χ4v) is 2.53. The van der Waals surface area contributed by atoms with Crippen LogP contribution in [-0.2, 0) is 16.1 Å². The summed E-state index contributed by atoms with van der Waals surface area (Å²) in [5.41, 5.74) is 0.371. The molecule has 4 nitrogen and oxygen atoms in total. The number of fused-ring (bicyclic) bond motifs is 1. The SMILES string of the molecule is Cn1c(S(=O)(=O)Cl)cc2cc(F)cnc21. The number of halogens is 2. The van der Waals surface area contributed by atoms with E-state index in [9.17, 15) is 12.8 Å². The Kier molecular flexibility index (Phi) is 2.20. The van der Waals surface area contributed by atoms with E-state index < -0.39 is 14.9 Å². The molecule has 2 heterocycles. The predicted octanol–water partition coefficient (Wildman–Crippen LogP) is 1.64. The second-order valence-electron chi connectivity index (χ2n) is 3.05. The molecule has 2 aromatic heterocycles. The van der Waals surface area contributed by atoms with Gasteiger partial charge < -0.3 is 4.57 Å². The van der Waals surface area contributed by atoms with Gasteiger partial charge in [0.15, 0.2) is 5.03 Å². The van der Waals surface area contributed by atoms with E-state index in [0.717, 1.165) is 6.20 Å². The fourth-order valence-electron chi connectivity index (χ4n) is 1.40. The van der Waals surface area contributed by atoms with Gasteiger partial charge in [-0.2, -0.15) is 0 Å². The van der Waals surface area contributed by atoms with Gasteiger partial charge >= 0.3 is 0 Å². The summed E-state index contributed by atoms with van der Waals surface area (Å²) in [5, 5.41) is 0.300. The summed E-state index contributed by atoms with van der Waals surface area (Å²) in [6.07, 6.45) is 1.02. The highest BCUT2D eigenvalue weighted by molar-refractivity contribution is 8.13. The van der Waals surface area contributed by atoms with Crippen LogP contribution in [0.3, 0.4) is 0 Å². The molecule has 15 heavy (non-hydrogen) atoms. The van der Waals surface area contributed by atoms with Crippen molar-refractivity contribution in [1.82, 2.24) is 9.55 Å². The summed E-state index contributed by atoms with van der Waals surface area (Å²) in [6.45, 7) is 0. The lowest BCUT2D eigenvalue weighted by Crippen LogP contribution is -2.00. The summed E-state index contributed by atoms with van der Waals surface area (Å²) in [4.78, 5) is 3.78. The third-order valence-corrected chi connectivity index (χ3v) is 3.40. The van der Waals surface area contributed by atoms with Crippen LogP contribution in [0.1, 0.15) is 0 Å². The number of aryl methyl sites for hydroxylation is 1. The van der Waals surface area contributed by atoms with Crippen LogP contribution in [0.5, 0.6) is 0 Å². The van der Waals surface area contributed by atoms with Gasteiger partial charge in [-0.1, -0.05) is 0 Å². The lowest BCUT2D eigenvalue weighted by molar-refractivity contribution is 0.601. The predicted molar refractivity (Wildman–Crippen MR) is 53.7 cm³/mol. The molecule has 0 N–H and O–H groups in total. The Labute approximate surface area is 89.7 Å². The maximum Gasteiger partial charge on any atom is 0.276 e. The Morgan fingerprint density at radius 1 is 1.47 bits per heavy atom. The molecule has 2 rings (SSSR count). The van der Waals surface area contributed by atoms with Crippen LogP contribution < -0.4 is 0 Å². The van der Waals surface area contributed by atoms with Crippen LogP contribution in [0.15, 0.2) is 23.4 Å². The maximum atomic E-state index is 12.8. The molecule has 0 unspecified atom stereocenters. The molecule has 7 heteroatoms. The Morgan fingerprint density at radius 3 is 2.73 bits per heavy atom. The molecule has 80 valence electrons. The molecule has 0 radical (unpaired) electrons. The van der Waals surface area contributed by atoms with Crippen molar-refractivity contribution in [3.63, 3.8) is 0 Å². The molecule has 0 atom stereocenters. The van der Waals surface area contributed by atoms with Crippen molar-refractivity contribution in [3.05, 3.63) is 24.1 Å². The zero-order valence-electron chi connectivity index (χ0n) is 7.61. The van der Waals surface area contributed by atoms with Gasteiger partial charge in [0, 0.05) is 23.1 Å². The van der Waals surface area contributed by atoms with Crippen molar-refractivity contribution in [1.29, 1.82) is 0 Å². The first-order valence-corrected chi connectivity index (χ1v) is 6.26. The number of rotatable bonds is 1. The normalized spacial score (nSPS) is 12.2. The number of pyridine rings is 1. The lowest BCUT2D eigenvalue weighted by atomic mass is 10.3. The van der Waals surface area contributed by atoms with Crippen molar-refractivity contribution < 1.29 is 12.8 Å². The third-order valence-electron chi connectivity index (χ3n) is 2.04. The number of nitrogens with zero attached hydrogens (tertiary/aromatic N) is 2. The Balaban J connectivity index is 2.87. The van der Waals surface area contributed by atoms with Crippen molar-refractivity contribution >= 4 is 30.8 Å². The standard InChI is InChI=1S/C8H6ClFN2O2S/c1-12-7(15(9,13)14)3-5-2-6(10)4-11-8(5)12/h2-4H,1H3. The van der Waals surface area contributed by atoms with E-state index in [0.29, 0.717) is 11.0 Å². The molecule has 0 spiro atoms. The first kappa shape index (κ1) is 10.4. The second kappa shape index (κ2) is 3.18. The topological polar surface area (TPSA) is 52.0 Å². The highest BCUT2D eigenvalue weighted by atomic mass is 35.7. The van der Waals surface area contributed by atoms with Crippen molar-refractivity contribution in [2.45, 2.75) is 5.03 Å². The molecule has 0 saturated heterocycles. The third kappa shape index (κ3) is 1.70. The van der Waals surface area contributed by atoms with Crippen molar-refractivity contribution in [3.8, 4) is 0 Å². The van der Waals surface area contributed by atoms with Crippen molar-refractivity contribution in [2.24, 2.45) is 7.05 Å². The van der Waals surface area contributed by atoms with Gasteiger partial charge in [-0.05, 0) is 12.1 Å². The van der Waals surface area contributed by atoms with E-state index in [1.165, 1.54) is 23.7 Å². The minimum absolute atomic E-state index is 0.0998. The molecule has 0 fully saturated rings. The van der Waals surface area contributed by atoms with Crippen LogP contribution in [0, 0.1) is 5.82 Å².